The van der Waals surface area contributed by atoms with E-state index in [0.29, 0.717) is 12.7 Å². The number of halogens is 1. The molecule has 3 nitrogen and oxygen atoms in total. The van der Waals surface area contributed by atoms with Crippen molar-refractivity contribution in [3.63, 3.8) is 0 Å². The Kier molecular flexibility index (Phi) is 5.61. The summed E-state index contributed by atoms with van der Waals surface area (Å²) in [7, 11) is 0. The molecule has 0 fully saturated rings. The van der Waals surface area contributed by atoms with Crippen molar-refractivity contribution < 1.29 is 9.47 Å². The van der Waals surface area contributed by atoms with Gasteiger partial charge >= 0.3 is 0 Å². The van der Waals surface area contributed by atoms with Crippen LogP contribution in [0, 0.1) is 0 Å². The lowest BCUT2D eigenvalue weighted by molar-refractivity contribution is 0.174. The van der Waals surface area contributed by atoms with E-state index in [1.165, 1.54) is 16.7 Å². The average Bonchev–Trinajstić information content (AvgIpc) is 3.18. The zero-order valence-corrected chi connectivity index (χ0v) is 15.8. The van der Waals surface area contributed by atoms with Crippen molar-refractivity contribution in [2.24, 2.45) is 0 Å². The Morgan fingerprint density at radius 1 is 0.852 bits per heavy atom. The molecule has 0 aromatic heterocycles. The molecule has 4 heteroatoms. The summed E-state index contributed by atoms with van der Waals surface area (Å²) >= 11 is 5.95. The fourth-order valence-electron chi connectivity index (χ4n) is 3.42. The highest BCUT2D eigenvalue weighted by Crippen LogP contribution is 2.37. The van der Waals surface area contributed by atoms with Crippen molar-refractivity contribution in [2.75, 3.05) is 13.3 Å². The summed E-state index contributed by atoms with van der Waals surface area (Å²) in [5.74, 6) is 1.97. The van der Waals surface area contributed by atoms with E-state index in [9.17, 15) is 0 Å². The van der Waals surface area contributed by atoms with Gasteiger partial charge in [-0.1, -0.05) is 60.1 Å². The first-order valence-corrected chi connectivity index (χ1v) is 9.57. The van der Waals surface area contributed by atoms with E-state index < -0.39 is 0 Å². The second-order valence-electron chi connectivity index (χ2n) is 6.67. The van der Waals surface area contributed by atoms with Crippen LogP contribution in [0.15, 0.2) is 72.8 Å². The number of benzene rings is 3. The van der Waals surface area contributed by atoms with Crippen LogP contribution in [0.3, 0.4) is 0 Å². The largest absolute Gasteiger partial charge is 0.454 e. The van der Waals surface area contributed by atoms with E-state index in [1.807, 2.05) is 18.2 Å². The molecular formula is C23H22ClNO2. The molecule has 1 N–H and O–H groups in total. The lowest BCUT2D eigenvalue weighted by Gasteiger charge is -2.19. The number of hydrogen-bond acceptors (Lipinski definition) is 3. The molecule has 1 aliphatic rings. The maximum absolute atomic E-state index is 5.95. The van der Waals surface area contributed by atoms with E-state index in [2.05, 4.69) is 59.9 Å². The fourth-order valence-corrected chi connectivity index (χ4v) is 3.55. The second-order valence-corrected chi connectivity index (χ2v) is 7.10. The number of fused-ring (bicyclic) bond motifs is 1. The zero-order chi connectivity index (χ0) is 18.5. The Morgan fingerprint density at radius 3 is 2.44 bits per heavy atom. The normalized spacial score (nSPS) is 13.5. The highest BCUT2D eigenvalue weighted by Gasteiger charge is 2.19. The molecule has 0 radical (unpaired) electrons. The van der Waals surface area contributed by atoms with E-state index in [4.69, 9.17) is 21.1 Å². The quantitative estimate of drug-likeness (QED) is 0.559. The Hall–Kier alpha value is -2.49. The van der Waals surface area contributed by atoms with Gasteiger partial charge in [0.25, 0.3) is 0 Å². The molecule has 1 atom stereocenters. The summed E-state index contributed by atoms with van der Waals surface area (Å²) in [6.45, 7) is 2.05. The number of hydrogen-bond donors (Lipinski definition) is 1. The number of ether oxygens (including phenoxy) is 2. The van der Waals surface area contributed by atoms with Crippen molar-refractivity contribution in [1.29, 1.82) is 0 Å². The molecule has 0 amide bonds. The molecule has 0 aliphatic carbocycles. The molecule has 27 heavy (non-hydrogen) atoms. The minimum absolute atomic E-state index is 0.303. The molecule has 0 spiro atoms. The van der Waals surface area contributed by atoms with Gasteiger partial charge in [0.2, 0.25) is 6.79 Å². The van der Waals surface area contributed by atoms with E-state index >= 15 is 0 Å². The van der Waals surface area contributed by atoms with Crippen LogP contribution in [-0.4, -0.2) is 13.3 Å². The van der Waals surface area contributed by atoms with Crippen LogP contribution in [0.4, 0.5) is 0 Å². The lowest BCUT2D eigenvalue weighted by atomic mass is 9.88. The van der Waals surface area contributed by atoms with Crippen molar-refractivity contribution in [3.05, 3.63) is 94.5 Å². The maximum Gasteiger partial charge on any atom is 0.231 e. The molecule has 4 rings (SSSR count). The summed E-state index contributed by atoms with van der Waals surface area (Å²) in [5, 5.41) is 4.31. The Morgan fingerprint density at radius 2 is 1.63 bits per heavy atom. The van der Waals surface area contributed by atoms with Gasteiger partial charge in [-0.05, 0) is 53.9 Å². The van der Waals surface area contributed by atoms with Crippen molar-refractivity contribution >= 4 is 11.6 Å². The lowest BCUT2D eigenvalue weighted by Crippen LogP contribution is -2.17. The van der Waals surface area contributed by atoms with Gasteiger partial charge in [-0.25, -0.2) is 0 Å². The molecule has 1 aliphatic heterocycles. The summed E-state index contributed by atoms with van der Waals surface area (Å²) in [4.78, 5) is 0. The Labute approximate surface area is 164 Å². The fraction of sp³-hybridized carbons (Fsp3) is 0.217. The number of rotatable bonds is 7. The van der Waals surface area contributed by atoms with Crippen molar-refractivity contribution in [2.45, 2.75) is 18.9 Å². The third-order valence-corrected chi connectivity index (χ3v) is 5.11. The highest BCUT2D eigenvalue weighted by atomic mass is 35.5. The molecule has 1 heterocycles. The smallest absolute Gasteiger partial charge is 0.231 e. The van der Waals surface area contributed by atoms with Crippen LogP contribution in [0.5, 0.6) is 11.5 Å². The van der Waals surface area contributed by atoms with Gasteiger partial charge in [0, 0.05) is 17.5 Å². The predicted octanol–water partition coefficient (Wildman–Crippen LogP) is 5.38. The molecule has 0 bridgehead atoms. The second kappa shape index (κ2) is 8.47. The number of nitrogens with one attached hydrogen (secondary N) is 1. The molecule has 3 aromatic carbocycles. The molecule has 138 valence electrons. The molecule has 0 unspecified atom stereocenters. The first kappa shape index (κ1) is 17.9. The first-order chi connectivity index (χ1) is 13.3. The summed E-state index contributed by atoms with van der Waals surface area (Å²) in [6.07, 6.45) is 0.997. The van der Waals surface area contributed by atoms with Gasteiger partial charge in [-0.2, -0.15) is 0 Å². The molecule has 0 saturated carbocycles. The monoisotopic (exact) mass is 379 g/mol. The minimum atomic E-state index is 0.303. The van der Waals surface area contributed by atoms with Crippen LogP contribution in [0.25, 0.3) is 0 Å². The average molecular weight is 380 g/mol. The Balaban J connectivity index is 1.45. The highest BCUT2D eigenvalue weighted by molar-refractivity contribution is 6.30. The van der Waals surface area contributed by atoms with Crippen LogP contribution in [0.2, 0.25) is 5.02 Å². The van der Waals surface area contributed by atoms with Crippen LogP contribution >= 0.6 is 11.6 Å². The Bertz CT molecular complexity index is 881. The van der Waals surface area contributed by atoms with Crippen LogP contribution in [0.1, 0.15) is 29.0 Å². The SMILES string of the molecule is Clc1ccc(CNCC[C@@H](c2ccccc2)c2ccc3c(c2)OCO3)cc1. The van der Waals surface area contributed by atoms with E-state index in [1.54, 1.807) is 0 Å². The molecule has 0 saturated heterocycles. The van der Waals surface area contributed by atoms with Crippen molar-refractivity contribution in [1.82, 2.24) is 5.32 Å². The topological polar surface area (TPSA) is 30.5 Å². The van der Waals surface area contributed by atoms with E-state index in [-0.39, 0.29) is 0 Å². The van der Waals surface area contributed by atoms with Crippen molar-refractivity contribution in [3.8, 4) is 11.5 Å². The first-order valence-electron chi connectivity index (χ1n) is 9.19. The summed E-state index contributed by atoms with van der Waals surface area (Å²) in [6, 6.07) is 24.9. The molecule has 3 aromatic rings. The predicted molar refractivity (Wildman–Crippen MR) is 109 cm³/mol. The van der Waals surface area contributed by atoms with Gasteiger partial charge < -0.3 is 14.8 Å². The zero-order valence-electron chi connectivity index (χ0n) is 15.0. The maximum atomic E-state index is 5.95. The summed E-state index contributed by atoms with van der Waals surface area (Å²) < 4.78 is 11.0. The third kappa shape index (κ3) is 4.44. The summed E-state index contributed by atoms with van der Waals surface area (Å²) in [5.41, 5.74) is 3.79. The van der Waals surface area contributed by atoms with Crippen LogP contribution in [-0.2, 0) is 6.54 Å². The molecular weight excluding hydrogens is 358 g/mol. The van der Waals surface area contributed by atoms with Gasteiger partial charge in [-0.15, -0.1) is 0 Å². The van der Waals surface area contributed by atoms with E-state index in [0.717, 1.165) is 36.0 Å². The standard InChI is InChI=1S/C23H22ClNO2/c24-20-9-6-17(7-10-20)15-25-13-12-21(18-4-2-1-3-5-18)19-8-11-22-23(14-19)27-16-26-22/h1-11,14,21,25H,12-13,15-16H2/t21-/m0/s1. The minimum Gasteiger partial charge on any atom is -0.454 e. The third-order valence-electron chi connectivity index (χ3n) is 4.85. The van der Waals surface area contributed by atoms with Gasteiger partial charge in [-0.3, -0.25) is 0 Å². The van der Waals surface area contributed by atoms with Gasteiger partial charge in [0.15, 0.2) is 11.5 Å². The van der Waals surface area contributed by atoms with Crippen LogP contribution < -0.4 is 14.8 Å². The van der Waals surface area contributed by atoms with Gasteiger partial charge in [0.1, 0.15) is 0 Å². The van der Waals surface area contributed by atoms with Gasteiger partial charge in [0.05, 0.1) is 0 Å².